The van der Waals surface area contributed by atoms with Crippen LogP contribution >= 0.6 is 15.9 Å². The topological polar surface area (TPSA) is 34.4 Å². The van der Waals surface area contributed by atoms with Crippen molar-refractivity contribution in [3.05, 3.63) is 22.6 Å². The van der Waals surface area contributed by atoms with E-state index in [-0.39, 0.29) is 0 Å². The summed E-state index contributed by atoms with van der Waals surface area (Å²) in [6.45, 7) is 4.03. The van der Waals surface area contributed by atoms with E-state index in [4.69, 9.17) is 9.15 Å². The number of hydrogen-bond acceptors (Lipinski definition) is 3. The highest BCUT2D eigenvalue weighted by molar-refractivity contribution is 9.10. The molecule has 2 heterocycles. The van der Waals surface area contributed by atoms with Crippen molar-refractivity contribution in [3.8, 4) is 0 Å². The smallest absolute Gasteiger partial charge is 0.173 e. The van der Waals surface area contributed by atoms with Gasteiger partial charge in [0, 0.05) is 18.2 Å². The number of halogens is 1. The summed E-state index contributed by atoms with van der Waals surface area (Å²) in [5, 5.41) is 3.50. The van der Waals surface area contributed by atoms with Crippen molar-refractivity contribution in [3.63, 3.8) is 0 Å². The van der Waals surface area contributed by atoms with Gasteiger partial charge in [0.05, 0.1) is 12.4 Å². The summed E-state index contributed by atoms with van der Waals surface area (Å²) in [5.74, 6) is 0. The zero-order chi connectivity index (χ0) is 12.1. The SMILES string of the molecule is CCNC(CCC1CCCO1)c1ccoc1Br. The van der Waals surface area contributed by atoms with Crippen LogP contribution in [0.4, 0.5) is 0 Å². The molecule has 2 atom stereocenters. The highest BCUT2D eigenvalue weighted by Crippen LogP contribution is 2.29. The van der Waals surface area contributed by atoms with Crippen LogP contribution in [0.3, 0.4) is 0 Å². The molecule has 0 bridgehead atoms. The zero-order valence-corrected chi connectivity index (χ0v) is 11.8. The third-order valence-corrected chi connectivity index (χ3v) is 3.92. The molecule has 3 nitrogen and oxygen atoms in total. The zero-order valence-electron chi connectivity index (χ0n) is 10.2. The van der Waals surface area contributed by atoms with Crippen molar-refractivity contribution in [2.45, 2.75) is 44.8 Å². The van der Waals surface area contributed by atoms with Crippen LogP contribution in [-0.4, -0.2) is 19.3 Å². The summed E-state index contributed by atoms with van der Waals surface area (Å²) in [5.41, 5.74) is 1.21. The lowest BCUT2D eigenvalue weighted by atomic mass is 10.0. The quantitative estimate of drug-likeness (QED) is 0.871. The number of furan rings is 1. The second-order valence-corrected chi connectivity index (χ2v) is 5.19. The van der Waals surface area contributed by atoms with Crippen LogP contribution in [0.2, 0.25) is 0 Å². The normalized spacial score (nSPS) is 21.9. The lowest BCUT2D eigenvalue weighted by Gasteiger charge is -2.18. The Morgan fingerprint density at radius 2 is 2.47 bits per heavy atom. The fourth-order valence-electron chi connectivity index (χ4n) is 2.39. The Bertz CT molecular complexity index is 334. The molecule has 0 aliphatic carbocycles. The third kappa shape index (κ3) is 3.57. The molecule has 0 radical (unpaired) electrons. The maximum absolute atomic E-state index is 5.67. The van der Waals surface area contributed by atoms with Crippen LogP contribution in [0.25, 0.3) is 0 Å². The molecule has 1 N–H and O–H groups in total. The Kier molecular flexibility index (Phi) is 5.07. The summed E-state index contributed by atoms with van der Waals surface area (Å²) in [6.07, 6.45) is 6.83. The average molecular weight is 302 g/mol. The van der Waals surface area contributed by atoms with Crippen LogP contribution in [0, 0.1) is 0 Å². The maximum Gasteiger partial charge on any atom is 0.173 e. The van der Waals surface area contributed by atoms with E-state index in [1.165, 1.54) is 18.4 Å². The van der Waals surface area contributed by atoms with Gasteiger partial charge in [0.2, 0.25) is 0 Å². The molecule has 1 saturated heterocycles. The van der Waals surface area contributed by atoms with Gasteiger partial charge in [0.25, 0.3) is 0 Å². The monoisotopic (exact) mass is 301 g/mol. The Morgan fingerprint density at radius 1 is 1.59 bits per heavy atom. The summed E-state index contributed by atoms with van der Waals surface area (Å²) in [6, 6.07) is 2.39. The first kappa shape index (κ1) is 13.1. The van der Waals surface area contributed by atoms with E-state index in [1.54, 1.807) is 6.26 Å². The standard InChI is InChI=1S/C13H20BrNO2/c1-2-15-12(11-7-9-17-13(11)14)6-5-10-4-3-8-16-10/h7,9-10,12,15H,2-6,8H2,1H3. The number of nitrogens with one attached hydrogen (secondary N) is 1. The lowest BCUT2D eigenvalue weighted by Crippen LogP contribution is -2.22. The number of rotatable bonds is 6. The summed E-state index contributed by atoms with van der Waals surface area (Å²) in [7, 11) is 0. The van der Waals surface area contributed by atoms with Crippen molar-refractivity contribution in [2.24, 2.45) is 0 Å². The van der Waals surface area contributed by atoms with Gasteiger partial charge >= 0.3 is 0 Å². The third-order valence-electron chi connectivity index (χ3n) is 3.27. The number of hydrogen-bond donors (Lipinski definition) is 1. The number of ether oxygens (including phenoxy) is 1. The van der Waals surface area contributed by atoms with Crippen molar-refractivity contribution in [1.82, 2.24) is 5.32 Å². The molecule has 0 saturated carbocycles. The summed E-state index contributed by atoms with van der Waals surface area (Å²) in [4.78, 5) is 0. The van der Waals surface area contributed by atoms with Gasteiger partial charge in [-0.15, -0.1) is 0 Å². The Labute approximate surface area is 111 Å². The predicted molar refractivity (Wildman–Crippen MR) is 71.0 cm³/mol. The van der Waals surface area contributed by atoms with Crippen molar-refractivity contribution in [1.29, 1.82) is 0 Å². The summed E-state index contributed by atoms with van der Waals surface area (Å²) < 4.78 is 11.8. The highest BCUT2D eigenvalue weighted by atomic mass is 79.9. The fraction of sp³-hybridized carbons (Fsp3) is 0.692. The van der Waals surface area contributed by atoms with Gasteiger partial charge in [-0.2, -0.15) is 0 Å². The van der Waals surface area contributed by atoms with Gasteiger partial charge in [0.15, 0.2) is 4.67 Å². The Morgan fingerprint density at radius 3 is 3.06 bits per heavy atom. The van der Waals surface area contributed by atoms with Crippen molar-refractivity contribution < 1.29 is 9.15 Å². The minimum Gasteiger partial charge on any atom is -0.457 e. The van der Waals surface area contributed by atoms with E-state index >= 15 is 0 Å². The second-order valence-electron chi connectivity index (χ2n) is 4.47. The maximum atomic E-state index is 5.67. The molecule has 1 aromatic rings. The van der Waals surface area contributed by atoms with E-state index in [0.29, 0.717) is 12.1 Å². The minimum absolute atomic E-state index is 0.359. The van der Waals surface area contributed by atoms with E-state index in [0.717, 1.165) is 30.7 Å². The molecule has 0 spiro atoms. The molecule has 96 valence electrons. The first-order chi connectivity index (χ1) is 8.31. The van der Waals surface area contributed by atoms with Gasteiger partial charge in [-0.3, -0.25) is 0 Å². The average Bonchev–Trinajstić information content (AvgIpc) is 2.95. The molecule has 0 amide bonds. The molecule has 1 aliphatic rings. The molecule has 1 aromatic heterocycles. The molecule has 4 heteroatoms. The van der Waals surface area contributed by atoms with Crippen molar-refractivity contribution >= 4 is 15.9 Å². The van der Waals surface area contributed by atoms with E-state index in [2.05, 4.69) is 28.2 Å². The largest absolute Gasteiger partial charge is 0.457 e. The highest BCUT2D eigenvalue weighted by Gasteiger charge is 2.20. The molecule has 17 heavy (non-hydrogen) atoms. The molecule has 1 aliphatic heterocycles. The molecule has 2 rings (SSSR count). The first-order valence-electron chi connectivity index (χ1n) is 6.39. The molecular weight excluding hydrogens is 282 g/mol. The fourth-order valence-corrected chi connectivity index (χ4v) is 2.91. The van der Waals surface area contributed by atoms with E-state index < -0.39 is 0 Å². The first-order valence-corrected chi connectivity index (χ1v) is 7.18. The Balaban J connectivity index is 1.90. The molecule has 0 aromatic carbocycles. The minimum atomic E-state index is 0.359. The van der Waals surface area contributed by atoms with Gasteiger partial charge in [-0.25, -0.2) is 0 Å². The van der Waals surface area contributed by atoms with Crippen LogP contribution in [-0.2, 0) is 4.74 Å². The lowest BCUT2D eigenvalue weighted by molar-refractivity contribution is 0.0996. The van der Waals surface area contributed by atoms with Crippen molar-refractivity contribution in [2.75, 3.05) is 13.2 Å². The van der Waals surface area contributed by atoms with E-state index in [1.807, 2.05) is 6.07 Å². The van der Waals surface area contributed by atoms with Crippen LogP contribution in [0.1, 0.15) is 44.2 Å². The predicted octanol–water partition coefficient (Wildman–Crippen LogP) is 3.65. The van der Waals surface area contributed by atoms with Crippen LogP contribution < -0.4 is 5.32 Å². The molecule has 2 unspecified atom stereocenters. The van der Waals surface area contributed by atoms with Gasteiger partial charge in [-0.1, -0.05) is 6.92 Å². The van der Waals surface area contributed by atoms with Gasteiger partial charge in [0.1, 0.15) is 0 Å². The van der Waals surface area contributed by atoms with Crippen LogP contribution in [0.15, 0.2) is 21.4 Å². The van der Waals surface area contributed by atoms with Crippen LogP contribution in [0.5, 0.6) is 0 Å². The van der Waals surface area contributed by atoms with Gasteiger partial charge < -0.3 is 14.5 Å². The molecular formula is C13H20BrNO2. The van der Waals surface area contributed by atoms with E-state index in [9.17, 15) is 0 Å². The summed E-state index contributed by atoms with van der Waals surface area (Å²) >= 11 is 3.45. The second kappa shape index (κ2) is 6.57. The molecule has 1 fully saturated rings. The van der Waals surface area contributed by atoms with Gasteiger partial charge in [-0.05, 0) is 54.2 Å². The Hall–Kier alpha value is -0.320.